The van der Waals surface area contributed by atoms with Crippen molar-refractivity contribution in [2.24, 2.45) is 10.9 Å². The lowest BCUT2D eigenvalue weighted by Gasteiger charge is -2.36. The number of aliphatic imine (C=N–C) groups is 1. The first kappa shape index (κ1) is 35.8. The normalized spacial score (nSPS) is 13.6. The third-order valence-electron chi connectivity index (χ3n) is 7.32. The van der Waals surface area contributed by atoms with Crippen molar-refractivity contribution in [2.45, 2.75) is 107 Å². The van der Waals surface area contributed by atoms with E-state index in [2.05, 4.69) is 57.4 Å². The Kier molecular flexibility index (Phi) is 14.7. The Balaban J connectivity index is 3.64. The van der Waals surface area contributed by atoms with Crippen LogP contribution in [0.15, 0.2) is 88.6 Å². The summed E-state index contributed by atoms with van der Waals surface area (Å²) in [6.07, 6.45) is 11.2. The van der Waals surface area contributed by atoms with Gasteiger partial charge in [0.15, 0.2) is 0 Å². The predicted molar refractivity (Wildman–Crippen MR) is 178 cm³/mol. The van der Waals surface area contributed by atoms with Crippen LogP contribution >= 0.6 is 0 Å². The number of hydrogen-bond donors (Lipinski definition) is 1. The second-order valence-electron chi connectivity index (χ2n) is 11.5. The van der Waals surface area contributed by atoms with Crippen LogP contribution < -0.4 is 5.32 Å². The lowest BCUT2D eigenvalue weighted by molar-refractivity contribution is -0.128. The minimum atomic E-state index is -0.465. The molecule has 0 radical (unpaired) electrons. The molecule has 0 aliphatic rings. The van der Waals surface area contributed by atoms with Gasteiger partial charge in [-0.1, -0.05) is 84.4 Å². The van der Waals surface area contributed by atoms with Crippen molar-refractivity contribution >= 4 is 17.6 Å². The predicted octanol–water partition coefficient (Wildman–Crippen LogP) is 10.7. The van der Waals surface area contributed by atoms with Crippen LogP contribution in [0.5, 0.6) is 0 Å². The Hall–Kier alpha value is -3.27. The molecule has 1 rings (SSSR count). The number of carbonyl (C=O) groups excluding carboxylic acids is 1. The molecular formula is C37H53FN2O. The summed E-state index contributed by atoms with van der Waals surface area (Å²) in [5, 5.41) is 3.21. The lowest BCUT2D eigenvalue weighted by Crippen LogP contribution is -2.39. The minimum Gasteiger partial charge on any atom is -0.356 e. The number of benzene rings is 1. The van der Waals surface area contributed by atoms with Crippen LogP contribution in [0.25, 0.3) is 5.57 Å². The summed E-state index contributed by atoms with van der Waals surface area (Å²) in [5.41, 5.74) is 7.32. The number of Topliss-reactive ketones (excluding diaryl/α,β-unsaturated/α-hetero) is 1. The first-order chi connectivity index (χ1) is 19.3. The van der Waals surface area contributed by atoms with Crippen molar-refractivity contribution < 1.29 is 9.18 Å². The Labute approximate surface area is 249 Å². The number of nitrogens with one attached hydrogen (secondary N) is 1. The van der Waals surface area contributed by atoms with Crippen LogP contribution in [-0.4, -0.2) is 12.0 Å². The number of ketones is 1. The molecule has 0 saturated heterocycles. The summed E-state index contributed by atoms with van der Waals surface area (Å²) in [7, 11) is 0. The average molecular weight is 561 g/mol. The summed E-state index contributed by atoms with van der Waals surface area (Å²) in [5.74, 6) is -0.119. The van der Waals surface area contributed by atoms with Crippen molar-refractivity contribution in [3.05, 3.63) is 100 Å². The minimum absolute atomic E-state index is 0.0253. The lowest BCUT2D eigenvalue weighted by atomic mass is 9.66. The van der Waals surface area contributed by atoms with Gasteiger partial charge in [0.2, 0.25) is 0 Å². The second-order valence-corrected chi connectivity index (χ2v) is 11.5. The van der Waals surface area contributed by atoms with E-state index < -0.39 is 11.2 Å². The van der Waals surface area contributed by atoms with Crippen LogP contribution in [-0.2, 0) is 10.2 Å². The van der Waals surface area contributed by atoms with E-state index in [9.17, 15) is 9.18 Å². The molecular weight excluding hydrogens is 507 g/mol. The monoisotopic (exact) mass is 560 g/mol. The Morgan fingerprint density at radius 3 is 2.15 bits per heavy atom. The molecule has 0 aliphatic heterocycles. The van der Waals surface area contributed by atoms with E-state index in [4.69, 9.17) is 4.99 Å². The Morgan fingerprint density at radius 1 is 1.07 bits per heavy atom. The van der Waals surface area contributed by atoms with E-state index in [-0.39, 0.29) is 5.92 Å². The van der Waals surface area contributed by atoms with Gasteiger partial charge in [-0.3, -0.25) is 9.79 Å². The fourth-order valence-corrected chi connectivity index (χ4v) is 5.31. The summed E-state index contributed by atoms with van der Waals surface area (Å²) < 4.78 is 14.5. The molecule has 4 heteroatoms. The average Bonchev–Trinajstić information content (AvgIpc) is 2.92. The molecule has 1 aromatic rings. The highest BCUT2D eigenvalue weighted by molar-refractivity contribution is 5.92. The summed E-state index contributed by atoms with van der Waals surface area (Å²) in [6, 6.07) is 6.35. The highest BCUT2D eigenvalue weighted by atomic mass is 19.1. The molecule has 0 amide bonds. The molecule has 0 bridgehead atoms. The maximum absolute atomic E-state index is 14.5. The SMILES string of the molecule is C=C/C(F)=C(\C=C(C)C)N/C(C)=C(C)/C(=C\C(=C)c1ccc(C(CCC)(CCC)C(=O)C(C)C)c(C)c1)N=CCC. The molecule has 0 saturated carbocycles. The fourth-order valence-electron chi connectivity index (χ4n) is 5.31. The smallest absolute Gasteiger partial charge is 0.146 e. The summed E-state index contributed by atoms with van der Waals surface area (Å²) in [4.78, 5) is 18.3. The zero-order valence-electron chi connectivity index (χ0n) is 27.3. The van der Waals surface area contributed by atoms with E-state index in [1.165, 1.54) is 6.08 Å². The third kappa shape index (κ3) is 9.66. The maximum atomic E-state index is 14.5. The third-order valence-corrected chi connectivity index (χ3v) is 7.32. The van der Waals surface area contributed by atoms with E-state index in [1.807, 2.05) is 60.8 Å². The molecule has 0 aromatic heterocycles. The van der Waals surface area contributed by atoms with E-state index in [1.54, 1.807) is 6.08 Å². The number of halogens is 1. The van der Waals surface area contributed by atoms with Gasteiger partial charge in [-0.25, -0.2) is 4.39 Å². The maximum Gasteiger partial charge on any atom is 0.146 e. The molecule has 0 atom stereocenters. The van der Waals surface area contributed by atoms with Gasteiger partial charge in [0.05, 0.1) is 16.8 Å². The second kappa shape index (κ2) is 16.9. The fraction of sp³-hybridized carbons (Fsp3) is 0.459. The molecule has 0 spiro atoms. The van der Waals surface area contributed by atoms with Crippen molar-refractivity contribution in [2.75, 3.05) is 0 Å². The topological polar surface area (TPSA) is 41.5 Å². The number of allylic oxidation sites excluding steroid dienone is 8. The number of aryl methyl sites for hydroxylation is 1. The van der Waals surface area contributed by atoms with E-state index >= 15 is 0 Å². The van der Waals surface area contributed by atoms with Crippen molar-refractivity contribution in [3.63, 3.8) is 0 Å². The van der Waals surface area contributed by atoms with Crippen molar-refractivity contribution in [3.8, 4) is 0 Å². The van der Waals surface area contributed by atoms with Gasteiger partial charge in [-0.15, -0.1) is 0 Å². The molecule has 1 aromatic carbocycles. The van der Waals surface area contributed by atoms with Gasteiger partial charge in [-0.2, -0.15) is 0 Å². The zero-order valence-corrected chi connectivity index (χ0v) is 27.3. The van der Waals surface area contributed by atoms with Gasteiger partial charge in [0, 0.05) is 17.8 Å². The molecule has 0 heterocycles. The Bertz CT molecular complexity index is 1240. The summed E-state index contributed by atoms with van der Waals surface area (Å²) in [6.45, 7) is 28.1. The number of nitrogens with zero attached hydrogens (tertiary/aromatic N) is 1. The van der Waals surface area contributed by atoms with Gasteiger partial charge >= 0.3 is 0 Å². The molecule has 0 unspecified atom stereocenters. The highest BCUT2D eigenvalue weighted by Crippen LogP contribution is 2.40. The zero-order chi connectivity index (χ0) is 31.3. The highest BCUT2D eigenvalue weighted by Gasteiger charge is 2.40. The molecule has 0 fully saturated rings. The molecule has 0 aliphatic carbocycles. The molecule has 1 N–H and O–H groups in total. The number of hydrogen-bond acceptors (Lipinski definition) is 3. The van der Waals surface area contributed by atoms with E-state index in [0.717, 1.165) is 76.9 Å². The molecule has 224 valence electrons. The van der Waals surface area contributed by atoms with Gasteiger partial charge in [0.1, 0.15) is 11.6 Å². The standard InChI is InChI=1S/C37H53FN2O/c1-13-19-37(20-14-2,36(41)26(7)8)32-18-17-31(23-28(32)10)27(9)24-34(39-21-15-3)29(11)30(12)40-35(22-25(5)6)33(38)16-4/h16-18,21-24,26,40H,4,9,13-15,19-20H2,1-3,5-8,10-12H3/b30-29+,34-24+,35-33-,39-21?. The molecule has 41 heavy (non-hydrogen) atoms. The van der Waals surface area contributed by atoms with Crippen molar-refractivity contribution in [1.29, 1.82) is 0 Å². The van der Waals surface area contributed by atoms with Gasteiger partial charge < -0.3 is 5.32 Å². The van der Waals surface area contributed by atoms with Crippen LogP contribution in [0.2, 0.25) is 0 Å². The quantitative estimate of drug-likeness (QED) is 0.161. The largest absolute Gasteiger partial charge is 0.356 e. The first-order valence-corrected chi connectivity index (χ1v) is 15.0. The van der Waals surface area contributed by atoms with E-state index in [0.29, 0.717) is 11.5 Å². The summed E-state index contributed by atoms with van der Waals surface area (Å²) >= 11 is 0. The van der Waals surface area contributed by atoms with Crippen LogP contribution in [0, 0.1) is 12.8 Å². The van der Waals surface area contributed by atoms with Gasteiger partial charge in [-0.05, 0) is 99.9 Å². The number of carbonyl (C=O) groups is 1. The first-order valence-electron chi connectivity index (χ1n) is 15.0. The van der Waals surface area contributed by atoms with Crippen LogP contribution in [0.3, 0.4) is 0 Å². The van der Waals surface area contributed by atoms with Crippen molar-refractivity contribution in [1.82, 2.24) is 5.32 Å². The molecule has 3 nitrogen and oxygen atoms in total. The van der Waals surface area contributed by atoms with Crippen LogP contribution in [0.1, 0.15) is 111 Å². The Morgan fingerprint density at radius 2 is 1.68 bits per heavy atom. The van der Waals surface area contributed by atoms with Crippen LogP contribution in [0.4, 0.5) is 4.39 Å². The number of rotatable bonds is 16. The van der Waals surface area contributed by atoms with Gasteiger partial charge in [0.25, 0.3) is 0 Å².